The summed E-state index contributed by atoms with van der Waals surface area (Å²) in [5, 5.41) is 3.50. The number of nitrogens with zero attached hydrogens (tertiary/aromatic N) is 2. The molecule has 0 spiro atoms. The summed E-state index contributed by atoms with van der Waals surface area (Å²) in [4.78, 5) is 33.9. The molecule has 1 aromatic carbocycles. The van der Waals surface area contributed by atoms with Gasteiger partial charge in [0.25, 0.3) is 0 Å². The predicted molar refractivity (Wildman–Crippen MR) is 170 cm³/mol. The van der Waals surface area contributed by atoms with Crippen molar-refractivity contribution in [2.75, 3.05) is 47.1 Å². The Balaban J connectivity index is 1.29. The molecule has 8 nitrogen and oxygen atoms in total. The second-order valence-electron chi connectivity index (χ2n) is 12.9. The van der Waals surface area contributed by atoms with E-state index < -0.39 is 0 Å². The molecule has 1 heterocycles. The second-order valence-corrected chi connectivity index (χ2v) is 14.2. The smallest absolute Gasteiger partial charge is 0.318 e. The van der Waals surface area contributed by atoms with Crippen LogP contribution in [0.1, 0.15) is 67.2 Å². The first kappa shape index (κ1) is 31.6. The maximum Gasteiger partial charge on any atom is 0.318 e. The summed E-state index contributed by atoms with van der Waals surface area (Å²) in [7, 11) is 3.26. The number of amides is 3. The Morgan fingerprint density at radius 1 is 0.953 bits per heavy atom. The van der Waals surface area contributed by atoms with Crippen LogP contribution in [0.2, 0.25) is 0 Å². The van der Waals surface area contributed by atoms with Gasteiger partial charge in [-0.25, -0.2) is 4.79 Å². The molecule has 43 heavy (non-hydrogen) atoms. The first-order valence-electron chi connectivity index (χ1n) is 16.0. The molecule has 4 aliphatic carbocycles. The quantitative estimate of drug-likeness (QED) is 0.248. The molecule has 6 rings (SSSR count). The molecular formula is C34H49N3O5S. The Morgan fingerprint density at radius 3 is 2.26 bits per heavy atom. The predicted octanol–water partition coefficient (Wildman–Crippen LogP) is 6.05. The average molecular weight is 612 g/mol. The van der Waals surface area contributed by atoms with E-state index in [1.54, 1.807) is 30.5 Å². The zero-order chi connectivity index (χ0) is 30.4. The Morgan fingerprint density at radius 2 is 1.65 bits per heavy atom. The largest absolute Gasteiger partial charge is 0.493 e. The number of ether oxygens (including phenoxy) is 3. The number of aryl methyl sites for hydroxylation is 1. The number of urea groups is 1. The molecule has 0 aliphatic heterocycles. The minimum atomic E-state index is -0.103. The first-order valence-corrected chi connectivity index (χ1v) is 16.8. The number of hydrogen-bond acceptors (Lipinski definition) is 6. The van der Waals surface area contributed by atoms with Crippen LogP contribution in [0.4, 0.5) is 4.79 Å². The van der Waals surface area contributed by atoms with Crippen LogP contribution in [0.25, 0.3) is 0 Å². The van der Waals surface area contributed by atoms with Crippen molar-refractivity contribution in [2.45, 2.75) is 77.3 Å². The summed E-state index contributed by atoms with van der Waals surface area (Å²) < 4.78 is 16.5. The van der Waals surface area contributed by atoms with Crippen molar-refractivity contribution in [3.05, 3.63) is 45.6 Å². The third-order valence-electron chi connectivity index (χ3n) is 9.56. The van der Waals surface area contributed by atoms with Crippen molar-refractivity contribution in [3.63, 3.8) is 0 Å². The molecular weight excluding hydrogens is 562 g/mol. The van der Waals surface area contributed by atoms with Gasteiger partial charge >= 0.3 is 6.03 Å². The van der Waals surface area contributed by atoms with E-state index in [2.05, 4.69) is 24.4 Å². The fraction of sp³-hybridized carbons (Fsp3) is 0.647. The second kappa shape index (κ2) is 14.3. The van der Waals surface area contributed by atoms with Crippen LogP contribution in [-0.2, 0) is 22.5 Å². The van der Waals surface area contributed by atoms with Crippen molar-refractivity contribution in [1.29, 1.82) is 0 Å². The number of carbonyl (C=O) groups is 2. The summed E-state index contributed by atoms with van der Waals surface area (Å²) in [5.74, 6) is 3.53. The average Bonchev–Trinajstić information content (AvgIpc) is 3.39. The minimum Gasteiger partial charge on any atom is -0.493 e. The van der Waals surface area contributed by atoms with Crippen LogP contribution in [0.15, 0.2) is 30.3 Å². The lowest BCUT2D eigenvalue weighted by molar-refractivity contribution is -0.132. The molecule has 3 amide bonds. The zero-order valence-corrected chi connectivity index (χ0v) is 27.2. The number of carbonyl (C=O) groups excluding carboxylic acids is 2. The molecule has 0 unspecified atom stereocenters. The van der Waals surface area contributed by atoms with E-state index in [0.717, 1.165) is 47.5 Å². The molecule has 4 saturated carbocycles. The van der Waals surface area contributed by atoms with Gasteiger partial charge in [0.2, 0.25) is 5.91 Å². The van der Waals surface area contributed by atoms with E-state index in [9.17, 15) is 9.59 Å². The number of benzene rings is 1. The van der Waals surface area contributed by atoms with Crippen molar-refractivity contribution in [1.82, 2.24) is 15.1 Å². The Labute approximate surface area is 261 Å². The lowest BCUT2D eigenvalue weighted by Crippen LogP contribution is -2.62. The van der Waals surface area contributed by atoms with Crippen molar-refractivity contribution in [2.24, 2.45) is 17.8 Å². The minimum absolute atomic E-state index is 0.0383. The van der Waals surface area contributed by atoms with Gasteiger partial charge in [0.1, 0.15) is 6.54 Å². The van der Waals surface area contributed by atoms with E-state index in [1.807, 2.05) is 30.0 Å². The van der Waals surface area contributed by atoms with Gasteiger partial charge < -0.3 is 29.3 Å². The lowest BCUT2D eigenvalue weighted by Gasteiger charge is -2.57. The number of methoxy groups -OCH3 is 2. The third-order valence-corrected chi connectivity index (χ3v) is 10.5. The fourth-order valence-corrected chi connectivity index (χ4v) is 8.84. The highest BCUT2D eigenvalue weighted by molar-refractivity contribution is 7.11. The highest BCUT2D eigenvalue weighted by Gasteiger charge is 2.51. The van der Waals surface area contributed by atoms with Gasteiger partial charge in [-0.05, 0) is 113 Å². The van der Waals surface area contributed by atoms with Crippen molar-refractivity contribution >= 4 is 23.3 Å². The highest BCUT2D eigenvalue weighted by atomic mass is 32.1. The number of thiophene rings is 1. The SMILES string of the molecule is CCOCCCN(CC(=O)N(CCc1ccc(OC)c(OC)c1)Cc1ccc(C)s1)C(=O)NC12CC3CC(CC(C3)C1)C2. The summed E-state index contributed by atoms with van der Waals surface area (Å²) in [5.41, 5.74) is 0.959. The van der Waals surface area contributed by atoms with E-state index in [-0.39, 0.29) is 24.0 Å². The van der Waals surface area contributed by atoms with Gasteiger partial charge in [0, 0.05) is 41.6 Å². The number of rotatable bonds is 15. The maximum absolute atomic E-state index is 14.0. The van der Waals surface area contributed by atoms with E-state index in [4.69, 9.17) is 14.2 Å². The normalized spacial score (nSPS) is 23.7. The van der Waals surface area contributed by atoms with E-state index in [1.165, 1.54) is 24.1 Å². The molecule has 2 aromatic rings. The molecule has 236 valence electrons. The fourth-order valence-electron chi connectivity index (χ4n) is 7.94. The Bertz CT molecular complexity index is 1210. The third kappa shape index (κ3) is 8.04. The van der Waals surface area contributed by atoms with Crippen LogP contribution in [0.5, 0.6) is 11.5 Å². The zero-order valence-electron chi connectivity index (χ0n) is 26.4. The monoisotopic (exact) mass is 611 g/mol. The van der Waals surface area contributed by atoms with Gasteiger partial charge in [-0.2, -0.15) is 0 Å². The summed E-state index contributed by atoms with van der Waals surface area (Å²) in [6, 6.07) is 9.97. The van der Waals surface area contributed by atoms with Crippen LogP contribution in [0.3, 0.4) is 0 Å². The molecule has 0 atom stereocenters. The molecule has 4 fully saturated rings. The van der Waals surface area contributed by atoms with Gasteiger partial charge in [0.15, 0.2) is 11.5 Å². The van der Waals surface area contributed by atoms with Crippen LogP contribution in [0, 0.1) is 24.7 Å². The maximum atomic E-state index is 14.0. The van der Waals surface area contributed by atoms with E-state index >= 15 is 0 Å². The summed E-state index contributed by atoms with van der Waals surface area (Å²) in [6.45, 7) is 6.88. The van der Waals surface area contributed by atoms with Crippen molar-refractivity contribution in [3.8, 4) is 11.5 Å². The van der Waals surface area contributed by atoms with Crippen LogP contribution >= 0.6 is 11.3 Å². The topological polar surface area (TPSA) is 80.3 Å². The van der Waals surface area contributed by atoms with Crippen LogP contribution in [-0.4, -0.2) is 74.3 Å². The lowest BCUT2D eigenvalue weighted by atomic mass is 9.53. The molecule has 4 bridgehead atoms. The molecule has 1 aromatic heterocycles. The van der Waals surface area contributed by atoms with Gasteiger partial charge in [-0.15, -0.1) is 11.3 Å². The van der Waals surface area contributed by atoms with Crippen LogP contribution < -0.4 is 14.8 Å². The standard InChI is InChI=1S/C34H49N3O5S/c1-5-42-14-6-12-37(33(39)35-34-19-26-15-27(20-34)17-28(16-26)21-34)23-32(38)36(22-29-9-7-24(2)43-29)13-11-25-8-10-30(40-3)31(18-25)41-4/h7-10,18,26-28H,5-6,11-17,19-23H2,1-4H3,(H,35,39). The molecule has 1 N–H and O–H groups in total. The van der Waals surface area contributed by atoms with Crippen molar-refractivity contribution < 1.29 is 23.8 Å². The molecule has 0 saturated heterocycles. The van der Waals surface area contributed by atoms with Gasteiger partial charge in [-0.1, -0.05) is 6.07 Å². The summed E-state index contributed by atoms with van der Waals surface area (Å²) in [6.07, 6.45) is 8.59. The number of hydrogen-bond donors (Lipinski definition) is 1. The van der Waals surface area contributed by atoms with Gasteiger partial charge in [0.05, 0.1) is 20.8 Å². The van der Waals surface area contributed by atoms with Gasteiger partial charge in [-0.3, -0.25) is 4.79 Å². The molecule has 9 heteroatoms. The first-order chi connectivity index (χ1) is 20.8. The highest BCUT2D eigenvalue weighted by Crippen LogP contribution is 2.55. The number of nitrogens with one attached hydrogen (secondary N) is 1. The Hall–Kier alpha value is -2.78. The molecule has 4 aliphatic rings. The summed E-state index contributed by atoms with van der Waals surface area (Å²) >= 11 is 1.71. The molecule has 0 radical (unpaired) electrons. The Kier molecular flexibility index (Phi) is 10.5. The van der Waals surface area contributed by atoms with E-state index in [0.29, 0.717) is 57.2 Å².